The number of rotatable bonds is 2. The predicted octanol–water partition coefficient (Wildman–Crippen LogP) is -1.33. The van der Waals surface area contributed by atoms with Crippen molar-refractivity contribution in [2.75, 3.05) is 0 Å². The van der Waals surface area contributed by atoms with Gasteiger partial charge >= 0.3 is 0 Å². The Hall–Kier alpha value is -0.795. The van der Waals surface area contributed by atoms with E-state index in [1.807, 2.05) is 0 Å². The zero-order chi connectivity index (χ0) is 7.44. The van der Waals surface area contributed by atoms with Gasteiger partial charge in [-0.15, -0.1) is 0 Å². The molecule has 9 heavy (non-hydrogen) atoms. The van der Waals surface area contributed by atoms with E-state index in [1.165, 1.54) is 13.8 Å². The van der Waals surface area contributed by atoms with Crippen LogP contribution in [-0.2, 0) is 9.59 Å². The summed E-state index contributed by atoms with van der Waals surface area (Å²) >= 11 is 0. The first-order valence-corrected chi connectivity index (χ1v) is 2.81. The van der Waals surface area contributed by atoms with Crippen LogP contribution in [0.15, 0.2) is 0 Å². The highest BCUT2D eigenvalue weighted by Gasteiger charge is 2.06. The molecule has 0 unspecified atom stereocenters. The van der Waals surface area contributed by atoms with Gasteiger partial charge in [0.25, 0.3) is 0 Å². The number of amides is 1. The third-order valence-electron chi connectivity index (χ3n) is 1.03. The molecule has 0 aliphatic carbocycles. The normalized spacial score (nSPS) is 12.2. The highest BCUT2D eigenvalue weighted by molar-refractivity contribution is 6.24. The lowest BCUT2D eigenvalue weighted by Gasteiger charge is -2.06. The van der Waals surface area contributed by atoms with Crippen LogP contribution in [0.1, 0.15) is 13.8 Å². The third kappa shape index (κ3) is 3.76. The molecular weight excluding hydrogens is 117 g/mol. The van der Waals surface area contributed by atoms with Crippen LogP contribution in [0, 0.1) is 0 Å². The molecule has 50 valence electrons. The molecule has 4 heteroatoms. The van der Waals surface area contributed by atoms with E-state index in [9.17, 15) is 9.59 Å². The molecule has 1 atom stereocenters. The molecule has 0 fully saturated rings. The molecule has 3 nitrogen and oxygen atoms in total. The molecule has 0 aromatic heterocycles. The van der Waals surface area contributed by atoms with Crippen molar-refractivity contribution >= 4 is 19.5 Å². The summed E-state index contributed by atoms with van der Waals surface area (Å²) in [5.74, 6) is -0.537. The Balaban J connectivity index is 3.63. The van der Waals surface area contributed by atoms with Gasteiger partial charge in [0, 0.05) is 6.92 Å². The van der Waals surface area contributed by atoms with Crippen LogP contribution in [-0.4, -0.2) is 25.5 Å². The van der Waals surface area contributed by atoms with Gasteiger partial charge in [-0.1, -0.05) is 0 Å². The Morgan fingerprint density at radius 3 is 2.00 bits per heavy atom. The Labute approximate surface area is 55.2 Å². The Bertz CT molecular complexity index is 135. The monoisotopic (exact) mass is 127 g/mol. The standard InChI is InChI=1S/C5H10BNO2/c1-3(8)5(6)7-4(2)9/h5H,6H2,1-2H3,(H,7,9)/t5-/m1/s1. The number of carbonyl (C=O) groups is 2. The number of hydrogen-bond donors (Lipinski definition) is 1. The van der Waals surface area contributed by atoms with Crippen molar-refractivity contribution in [3.05, 3.63) is 0 Å². The fourth-order valence-corrected chi connectivity index (χ4v) is 0.407. The van der Waals surface area contributed by atoms with Crippen molar-refractivity contribution in [1.29, 1.82) is 0 Å². The van der Waals surface area contributed by atoms with Gasteiger partial charge in [-0.05, 0) is 6.92 Å². The minimum atomic E-state index is -0.345. The quantitative estimate of drug-likeness (QED) is 0.467. The molecule has 0 saturated heterocycles. The summed E-state index contributed by atoms with van der Waals surface area (Å²) in [6.07, 6.45) is 0. The molecule has 0 heterocycles. The number of nitrogens with one attached hydrogen (secondary N) is 1. The number of Topliss-reactive ketones (excluding diaryl/α,β-unsaturated/α-hetero) is 1. The van der Waals surface area contributed by atoms with Crippen molar-refractivity contribution in [2.24, 2.45) is 0 Å². The van der Waals surface area contributed by atoms with Gasteiger partial charge in [-0.2, -0.15) is 0 Å². The van der Waals surface area contributed by atoms with E-state index in [4.69, 9.17) is 0 Å². The van der Waals surface area contributed by atoms with E-state index in [0.29, 0.717) is 0 Å². The number of ketones is 1. The SMILES string of the molecule is B[C@H](NC(C)=O)C(C)=O. The van der Waals surface area contributed by atoms with Crippen LogP contribution in [0.4, 0.5) is 0 Å². The van der Waals surface area contributed by atoms with E-state index < -0.39 is 0 Å². The summed E-state index contributed by atoms with van der Waals surface area (Å²) < 4.78 is 0. The molecule has 0 aliphatic heterocycles. The lowest BCUT2D eigenvalue weighted by molar-refractivity contribution is -0.123. The molecule has 0 radical (unpaired) electrons. The second-order valence-electron chi connectivity index (χ2n) is 2.03. The largest absolute Gasteiger partial charge is 0.354 e. The second-order valence-corrected chi connectivity index (χ2v) is 2.03. The minimum absolute atomic E-state index is 0.0230. The Morgan fingerprint density at radius 2 is 1.89 bits per heavy atom. The first-order valence-electron chi connectivity index (χ1n) is 2.81. The van der Waals surface area contributed by atoms with Crippen molar-refractivity contribution < 1.29 is 9.59 Å². The molecule has 0 saturated carbocycles. The summed E-state index contributed by atoms with van der Waals surface area (Å²) in [5, 5.41) is 2.45. The molecule has 1 N–H and O–H groups in total. The van der Waals surface area contributed by atoms with Gasteiger partial charge in [-0.3, -0.25) is 9.59 Å². The van der Waals surface area contributed by atoms with E-state index in [1.54, 1.807) is 7.85 Å². The molecule has 0 aliphatic rings. The molecule has 1 amide bonds. The summed E-state index contributed by atoms with van der Waals surface area (Å²) in [5.41, 5.74) is 0. The molecule has 0 spiro atoms. The van der Waals surface area contributed by atoms with Crippen LogP contribution in [0.2, 0.25) is 0 Å². The highest BCUT2D eigenvalue weighted by Crippen LogP contribution is 1.76. The van der Waals surface area contributed by atoms with Gasteiger partial charge in [0.15, 0.2) is 0 Å². The summed E-state index contributed by atoms with van der Waals surface area (Å²) in [6.45, 7) is 2.83. The lowest BCUT2D eigenvalue weighted by atomic mass is 9.93. The molecule has 0 bridgehead atoms. The zero-order valence-corrected chi connectivity index (χ0v) is 5.89. The van der Waals surface area contributed by atoms with E-state index in [-0.39, 0.29) is 17.6 Å². The third-order valence-corrected chi connectivity index (χ3v) is 1.03. The van der Waals surface area contributed by atoms with Gasteiger partial charge in [-0.25, -0.2) is 0 Å². The van der Waals surface area contributed by atoms with Gasteiger partial charge in [0.2, 0.25) is 5.91 Å². The Kier molecular flexibility index (Phi) is 2.98. The second kappa shape index (κ2) is 3.27. The van der Waals surface area contributed by atoms with Gasteiger partial charge < -0.3 is 5.32 Å². The zero-order valence-electron chi connectivity index (χ0n) is 5.89. The first-order chi connectivity index (χ1) is 4.04. The summed E-state index contributed by atoms with van der Waals surface area (Å²) in [4.78, 5) is 20.8. The molecule has 0 aromatic rings. The van der Waals surface area contributed by atoms with Gasteiger partial charge in [0.1, 0.15) is 13.6 Å². The molecule has 0 rings (SSSR count). The smallest absolute Gasteiger partial charge is 0.216 e. The van der Waals surface area contributed by atoms with Crippen molar-refractivity contribution in [1.82, 2.24) is 5.32 Å². The summed E-state index contributed by atoms with van der Waals surface area (Å²) in [6, 6.07) is 0. The fourth-order valence-electron chi connectivity index (χ4n) is 0.407. The predicted molar refractivity (Wildman–Crippen MR) is 36.8 cm³/mol. The first kappa shape index (κ1) is 8.20. The van der Waals surface area contributed by atoms with Crippen molar-refractivity contribution in [2.45, 2.75) is 19.8 Å². The highest BCUT2D eigenvalue weighted by atomic mass is 16.2. The van der Waals surface area contributed by atoms with Crippen LogP contribution < -0.4 is 5.32 Å². The minimum Gasteiger partial charge on any atom is -0.354 e. The van der Waals surface area contributed by atoms with E-state index in [2.05, 4.69) is 5.32 Å². The average molecular weight is 127 g/mol. The number of hydrogen-bond acceptors (Lipinski definition) is 2. The maximum atomic E-state index is 10.5. The average Bonchev–Trinajstić information content (AvgIpc) is 1.63. The van der Waals surface area contributed by atoms with Gasteiger partial charge in [0.05, 0.1) is 5.94 Å². The van der Waals surface area contributed by atoms with Crippen molar-refractivity contribution in [3.8, 4) is 0 Å². The maximum absolute atomic E-state index is 10.5. The lowest BCUT2D eigenvalue weighted by Crippen LogP contribution is -2.38. The Morgan fingerprint density at radius 1 is 1.44 bits per heavy atom. The maximum Gasteiger partial charge on any atom is 0.216 e. The summed E-state index contributed by atoms with van der Waals surface area (Å²) in [7, 11) is 1.66. The molecule has 0 aromatic carbocycles. The molecular formula is C5H10BNO2. The van der Waals surface area contributed by atoms with Crippen molar-refractivity contribution in [3.63, 3.8) is 0 Å². The topological polar surface area (TPSA) is 46.2 Å². The van der Waals surface area contributed by atoms with Crippen LogP contribution in [0.3, 0.4) is 0 Å². The van der Waals surface area contributed by atoms with Crippen LogP contribution in [0.25, 0.3) is 0 Å². The van der Waals surface area contributed by atoms with E-state index in [0.717, 1.165) is 0 Å². The number of carbonyl (C=O) groups excluding carboxylic acids is 2. The van der Waals surface area contributed by atoms with E-state index >= 15 is 0 Å². The van der Waals surface area contributed by atoms with Crippen LogP contribution in [0.5, 0.6) is 0 Å². The van der Waals surface area contributed by atoms with Crippen LogP contribution >= 0.6 is 0 Å². The fraction of sp³-hybridized carbons (Fsp3) is 0.600.